The van der Waals surface area contributed by atoms with Crippen LogP contribution in [0.4, 0.5) is 5.69 Å². The third-order valence-corrected chi connectivity index (χ3v) is 3.93. The van der Waals surface area contributed by atoms with Crippen LogP contribution in [-0.2, 0) is 5.54 Å². The second-order valence-corrected chi connectivity index (χ2v) is 6.81. The molecule has 0 N–H and O–H groups in total. The second kappa shape index (κ2) is 6.32. The first kappa shape index (κ1) is 17.5. The predicted molar refractivity (Wildman–Crippen MR) is 95.5 cm³/mol. The first-order valence-corrected chi connectivity index (χ1v) is 7.71. The standard InChI is InChI=1S/C19H21N3O2/c1-13-9-16(14(2)21(13)19(3,4)5)10-17(12-20)15-7-6-8-18(11-15)22(23)24/h6-11H,1-5H3/b17-10-. The van der Waals surface area contributed by atoms with Gasteiger partial charge in [0.2, 0.25) is 0 Å². The van der Waals surface area contributed by atoms with Crippen LogP contribution in [0.15, 0.2) is 30.3 Å². The number of hydrogen-bond donors (Lipinski definition) is 0. The van der Waals surface area contributed by atoms with Crippen molar-refractivity contribution < 1.29 is 4.92 Å². The number of rotatable bonds is 3. The molecule has 5 heteroatoms. The highest BCUT2D eigenvalue weighted by Gasteiger charge is 2.19. The molecule has 0 radical (unpaired) electrons. The number of nitriles is 1. The Kier molecular flexibility index (Phi) is 4.61. The SMILES string of the molecule is Cc1cc(/C=C(/C#N)c2cccc([N+](=O)[O-])c2)c(C)n1C(C)(C)C. The number of aryl methyl sites for hydroxylation is 1. The second-order valence-electron chi connectivity index (χ2n) is 6.81. The zero-order chi connectivity index (χ0) is 18.1. The van der Waals surface area contributed by atoms with Gasteiger partial charge in [-0.25, -0.2) is 0 Å². The molecule has 0 spiro atoms. The van der Waals surface area contributed by atoms with Crippen LogP contribution >= 0.6 is 0 Å². The van der Waals surface area contributed by atoms with Crippen molar-refractivity contribution in [3.63, 3.8) is 0 Å². The third-order valence-electron chi connectivity index (χ3n) is 3.93. The quantitative estimate of drug-likeness (QED) is 0.461. The Hall–Kier alpha value is -2.87. The van der Waals surface area contributed by atoms with Crippen molar-refractivity contribution in [2.45, 2.75) is 40.2 Å². The average molecular weight is 323 g/mol. The van der Waals surface area contributed by atoms with Crippen molar-refractivity contribution in [3.8, 4) is 6.07 Å². The molecule has 0 unspecified atom stereocenters. The molecular weight excluding hydrogens is 302 g/mol. The van der Waals surface area contributed by atoms with E-state index >= 15 is 0 Å². The van der Waals surface area contributed by atoms with Gasteiger partial charge in [0.25, 0.3) is 5.69 Å². The Balaban J connectivity index is 2.56. The van der Waals surface area contributed by atoms with E-state index in [-0.39, 0.29) is 11.2 Å². The van der Waals surface area contributed by atoms with Crippen molar-refractivity contribution >= 4 is 17.3 Å². The van der Waals surface area contributed by atoms with Crippen molar-refractivity contribution in [3.05, 3.63) is 63.0 Å². The summed E-state index contributed by atoms with van der Waals surface area (Å²) in [5.41, 5.74) is 4.01. The molecule has 0 amide bonds. The van der Waals surface area contributed by atoms with Gasteiger partial charge in [-0.1, -0.05) is 12.1 Å². The van der Waals surface area contributed by atoms with Crippen LogP contribution in [0.2, 0.25) is 0 Å². The van der Waals surface area contributed by atoms with Gasteiger partial charge in [-0.15, -0.1) is 0 Å². The number of allylic oxidation sites excluding steroid dienone is 1. The molecule has 1 aromatic carbocycles. The predicted octanol–water partition coefficient (Wildman–Crippen LogP) is 4.83. The van der Waals surface area contributed by atoms with Crippen LogP contribution in [0.25, 0.3) is 11.6 Å². The van der Waals surface area contributed by atoms with E-state index in [1.54, 1.807) is 18.2 Å². The normalized spacial score (nSPS) is 12.1. The van der Waals surface area contributed by atoms with Crippen LogP contribution in [-0.4, -0.2) is 9.49 Å². The summed E-state index contributed by atoms with van der Waals surface area (Å²) in [6.45, 7) is 10.5. The van der Waals surface area contributed by atoms with Crippen LogP contribution in [0.5, 0.6) is 0 Å². The lowest BCUT2D eigenvalue weighted by Gasteiger charge is -2.25. The van der Waals surface area contributed by atoms with Crippen LogP contribution in [0.3, 0.4) is 0 Å². The maximum absolute atomic E-state index is 10.9. The number of nitrogens with zero attached hydrogens (tertiary/aromatic N) is 3. The highest BCUT2D eigenvalue weighted by Crippen LogP contribution is 2.28. The molecule has 2 aromatic rings. The van der Waals surface area contributed by atoms with Crippen molar-refractivity contribution in [2.24, 2.45) is 0 Å². The fourth-order valence-electron chi connectivity index (χ4n) is 3.09. The fraction of sp³-hybridized carbons (Fsp3) is 0.316. The summed E-state index contributed by atoms with van der Waals surface area (Å²) in [7, 11) is 0. The number of hydrogen-bond acceptors (Lipinski definition) is 3. The smallest absolute Gasteiger partial charge is 0.270 e. The lowest BCUT2D eigenvalue weighted by atomic mass is 10.0. The number of nitro benzene ring substituents is 1. The Morgan fingerprint density at radius 2 is 1.96 bits per heavy atom. The average Bonchev–Trinajstić information content (AvgIpc) is 2.78. The van der Waals surface area contributed by atoms with E-state index in [1.165, 1.54) is 12.1 Å². The molecule has 0 aliphatic rings. The Morgan fingerprint density at radius 3 is 2.46 bits per heavy atom. The molecule has 1 heterocycles. The zero-order valence-corrected chi connectivity index (χ0v) is 14.6. The van der Waals surface area contributed by atoms with Crippen molar-refractivity contribution in [2.75, 3.05) is 0 Å². The molecule has 0 fully saturated rings. The van der Waals surface area contributed by atoms with Gasteiger partial charge >= 0.3 is 0 Å². The largest absolute Gasteiger partial charge is 0.343 e. The summed E-state index contributed by atoms with van der Waals surface area (Å²) in [6.07, 6.45) is 1.80. The molecule has 0 atom stereocenters. The highest BCUT2D eigenvalue weighted by atomic mass is 16.6. The lowest BCUT2D eigenvalue weighted by molar-refractivity contribution is -0.384. The lowest BCUT2D eigenvalue weighted by Crippen LogP contribution is -2.24. The highest BCUT2D eigenvalue weighted by molar-refractivity contribution is 5.90. The van der Waals surface area contributed by atoms with Gasteiger partial charge in [-0.2, -0.15) is 5.26 Å². The molecule has 0 saturated heterocycles. The van der Waals surface area contributed by atoms with Gasteiger partial charge in [0.1, 0.15) is 0 Å². The van der Waals surface area contributed by atoms with E-state index in [0.29, 0.717) is 11.1 Å². The summed E-state index contributed by atoms with van der Waals surface area (Å²) in [5, 5.41) is 20.4. The Labute approximate surface area is 142 Å². The van der Waals surface area contributed by atoms with E-state index < -0.39 is 4.92 Å². The van der Waals surface area contributed by atoms with Crippen molar-refractivity contribution in [1.29, 1.82) is 5.26 Å². The summed E-state index contributed by atoms with van der Waals surface area (Å²) in [6, 6.07) is 10.4. The summed E-state index contributed by atoms with van der Waals surface area (Å²) in [5.74, 6) is 0. The first-order chi connectivity index (χ1) is 11.1. The zero-order valence-electron chi connectivity index (χ0n) is 14.6. The molecular formula is C19H21N3O2. The minimum absolute atomic E-state index is 0.0196. The molecule has 24 heavy (non-hydrogen) atoms. The molecule has 2 rings (SSSR count). The Bertz CT molecular complexity index is 862. The minimum Gasteiger partial charge on any atom is -0.343 e. The monoisotopic (exact) mass is 323 g/mol. The van der Waals surface area contributed by atoms with E-state index in [1.807, 2.05) is 19.9 Å². The Morgan fingerprint density at radius 1 is 1.29 bits per heavy atom. The fourth-order valence-corrected chi connectivity index (χ4v) is 3.09. The topological polar surface area (TPSA) is 71.9 Å². The number of nitro groups is 1. The van der Waals surface area contributed by atoms with E-state index in [4.69, 9.17) is 0 Å². The van der Waals surface area contributed by atoms with Gasteiger partial charge in [-0.05, 0) is 57.9 Å². The van der Waals surface area contributed by atoms with E-state index in [2.05, 4.69) is 31.4 Å². The summed E-state index contributed by atoms with van der Waals surface area (Å²) >= 11 is 0. The van der Waals surface area contributed by atoms with Gasteiger partial charge in [0.05, 0.1) is 16.6 Å². The van der Waals surface area contributed by atoms with Crippen LogP contribution in [0, 0.1) is 35.3 Å². The molecule has 124 valence electrons. The number of benzene rings is 1. The van der Waals surface area contributed by atoms with E-state index in [0.717, 1.165) is 17.0 Å². The van der Waals surface area contributed by atoms with Crippen LogP contribution in [0.1, 0.15) is 43.3 Å². The van der Waals surface area contributed by atoms with Crippen molar-refractivity contribution in [1.82, 2.24) is 4.57 Å². The molecule has 1 aromatic heterocycles. The molecule has 5 nitrogen and oxygen atoms in total. The minimum atomic E-state index is -0.454. The van der Waals surface area contributed by atoms with Gasteiger partial charge in [0.15, 0.2) is 0 Å². The van der Waals surface area contributed by atoms with E-state index in [9.17, 15) is 15.4 Å². The molecule has 0 aliphatic carbocycles. The summed E-state index contributed by atoms with van der Waals surface area (Å²) in [4.78, 5) is 10.5. The van der Waals surface area contributed by atoms with Crippen LogP contribution < -0.4 is 0 Å². The molecule has 0 aliphatic heterocycles. The molecule has 0 bridgehead atoms. The van der Waals surface area contributed by atoms with Gasteiger partial charge < -0.3 is 4.57 Å². The number of aromatic nitrogens is 1. The maximum Gasteiger partial charge on any atom is 0.270 e. The maximum atomic E-state index is 10.9. The summed E-state index contributed by atoms with van der Waals surface area (Å²) < 4.78 is 2.22. The van der Waals surface area contributed by atoms with Gasteiger partial charge in [0, 0.05) is 29.1 Å². The van der Waals surface area contributed by atoms with Gasteiger partial charge in [-0.3, -0.25) is 10.1 Å². The third kappa shape index (κ3) is 3.38. The first-order valence-electron chi connectivity index (χ1n) is 7.71. The molecule has 0 saturated carbocycles. The number of non-ortho nitro benzene ring substituents is 1.